The third kappa shape index (κ3) is 4.10. The number of aromatic nitrogens is 2. The molecule has 0 amide bonds. The maximum absolute atomic E-state index is 9.02. The van der Waals surface area contributed by atoms with Gasteiger partial charge in [0, 0.05) is 25.8 Å². The summed E-state index contributed by atoms with van der Waals surface area (Å²) in [5, 5.41) is 9.02. The lowest BCUT2D eigenvalue weighted by Gasteiger charge is -2.21. The molecule has 0 atom stereocenters. The molecule has 1 aromatic rings. The number of hydrogen-bond acceptors (Lipinski definition) is 7. The summed E-state index contributed by atoms with van der Waals surface area (Å²) in [6, 6.07) is 1.74. The summed E-state index contributed by atoms with van der Waals surface area (Å²) < 4.78 is 5.29. The van der Waals surface area contributed by atoms with E-state index >= 15 is 0 Å². The number of anilines is 2. The Hall–Kier alpha value is -1.44. The fourth-order valence-corrected chi connectivity index (χ4v) is 1.53. The van der Waals surface area contributed by atoms with E-state index in [0.717, 1.165) is 12.4 Å². The number of likely N-dealkylation sites (N-methyl/N-ethyl adjacent to an activating group) is 1. The summed E-state index contributed by atoms with van der Waals surface area (Å²) in [6.45, 7) is 6.19. The Morgan fingerprint density at radius 1 is 1.44 bits per heavy atom. The number of aliphatic hydroxyl groups is 1. The number of rotatable bonds is 8. The highest BCUT2D eigenvalue weighted by molar-refractivity contribution is 5.48. The SMILES string of the molecule is CCOCc1nc(NN)cc(N(CC)CCO)n1. The summed E-state index contributed by atoms with van der Waals surface area (Å²) in [7, 11) is 0. The highest BCUT2D eigenvalue weighted by Gasteiger charge is 2.09. The van der Waals surface area contributed by atoms with Crippen molar-refractivity contribution in [1.29, 1.82) is 0 Å². The number of aliphatic hydroxyl groups excluding tert-OH is 1. The lowest BCUT2D eigenvalue weighted by Crippen LogP contribution is -2.28. The Morgan fingerprint density at radius 2 is 2.22 bits per heavy atom. The molecule has 18 heavy (non-hydrogen) atoms. The molecule has 0 fully saturated rings. The van der Waals surface area contributed by atoms with Crippen LogP contribution in [-0.4, -0.2) is 41.4 Å². The maximum atomic E-state index is 9.02. The second-order valence-electron chi connectivity index (χ2n) is 3.61. The highest BCUT2D eigenvalue weighted by Crippen LogP contribution is 2.15. The predicted octanol–water partition coefficient (Wildman–Crippen LogP) is 0.117. The molecule has 0 saturated heterocycles. The number of hydrogen-bond donors (Lipinski definition) is 3. The van der Waals surface area contributed by atoms with Crippen LogP contribution < -0.4 is 16.2 Å². The second kappa shape index (κ2) is 7.80. The number of nitrogens with zero attached hydrogens (tertiary/aromatic N) is 3. The average molecular weight is 255 g/mol. The van der Waals surface area contributed by atoms with Crippen LogP contribution in [0, 0.1) is 0 Å². The smallest absolute Gasteiger partial charge is 0.158 e. The van der Waals surface area contributed by atoms with Crippen LogP contribution in [0.1, 0.15) is 19.7 Å². The van der Waals surface area contributed by atoms with E-state index in [9.17, 15) is 0 Å². The topological polar surface area (TPSA) is 96.5 Å². The minimum atomic E-state index is 0.0734. The van der Waals surface area contributed by atoms with Gasteiger partial charge in [0.15, 0.2) is 5.82 Å². The molecule has 102 valence electrons. The molecular weight excluding hydrogens is 234 g/mol. The molecule has 0 radical (unpaired) electrons. The molecule has 1 aromatic heterocycles. The molecule has 0 aliphatic carbocycles. The zero-order valence-corrected chi connectivity index (χ0v) is 10.9. The van der Waals surface area contributed by atoms with Gasteiger partial charge < -0.3 is 20.2 Å². The van der Waals surface area contributed by atoms with E-state index in [2.05, 4.69) is 15.4 Å². The Bertz CT molecular complexity index is 361. The Labute approximate surface area is 107 Å². The van der Waals surface area contributed by atoms with E-state index in [0.29, 0.717) is 31.4 Å². The summed E-state index contributed by atoms with van der Waals surface area (Å²) >= 11 is 0. The van der Waals surface area contributed by atoms with Crippen molar-refractivity contribution in [1.82, 2.24) is 9.97 Å². The molecule has 0 unspecified atom stereocenters. The van der Waals surface area contributed by atoms with E-state index in [-0.39, 0.29) is 6.61 Å². The van der Waals surface area contributed by atoms with Crippen LogP contribution in [0.2, 0.25) is 0 Å². The molecule has 1 rings (SSSR count). The Morgan fingerprint density at radius 3 is 2.78 bits per heavy atom. The summed E-state index contributed by atoms with van der Waals surface area (Å²) in [6.07, 6.45) is 0. The molecular formula is C11H21N5O2. The largest absolute Gasteiger partial charge is 0.395 e. The minimum absolute atomic E-state index is 0.0734. The van der Waals surface area contributed by atoms with E-state index in [1.54, 1.807) is 6.07 Å². The van der Waals surface area contributed by atoms with Crippen LogP contribution in [0.3, 0.4) is 0 Å². The van der Waals surface area contributed by atoms with Crippen molar-refractivity contribution in [3.63, 3.8) is 0 Å². The van der Waals surface area contributed by atoms with Gasteiger partial charge in [-0.05, 0) is 13.8 Å². The molecule has 0 saturated carbocycles. The lowest BCUT2D eigenvalue weighted by molar-refractivity contribution is 0.128. The first-order valence-corrected chi connectivity index (χ1v) is 6.03. The second-order valence-corrected chi connectivity index (χ2v) is 3.61. The van der Waals surface area contributed by atoms with E-state index < -0.39 is 0 Å². The van der Waals surface area contributed by atoms with Crippen molar-refractivity contribution in [3.8, 4) is 0 Å². The first kappa shape index (κ1) is 14.6. The van der Waals surface area contributed by atoms with Crippen molar-refractivity contribution in [2.24, 2.45) is 5.84 Å². The zero-order valence-electron chi connectivity index (χ0n) is 10.9. The van der Waals surface area contributed by atoms with Crippen molar-refractivity contribution >= 4 is 11.6 Å². The third-order valence-electron chi connectivity index (χ3n) is 2.42. The Balaban J connectivity index is 2.94. The molecule has 1 heterocycles. The standard InChI is InChI=1S/C11H21N5O2/c1-3-16(5-6-17)11-7-9(15-12)13-10(14-11)8-18-4-2/h7,17H,3-6,8,12H2,1-2H3,(H,13,14,15). The van der Waals surface area contributed by atoms with E-state index in [1.807, 2.05) is 18.7 Å². The highest BCUT2D eigenvalue weighted by atomic mass is 16.5. The first-order chi connectivity index (χ1) is 8.74. The quantitative estimate of drug-likeness (QED) is 0.448. The molecule has 0 aromatic carbocycles. The number of ether oxygens (including phenoxy) is 1. The fraction of sp³-hybridized carbons (Fsp3) is 0.636. The number of nitrogens with one attached hydrogen (secondary N) is 1. The van der Waals surface area contributed by atoms with Crippen molar-refractivity contribution < 1.29 is 9.84 Å². The van der Waals surface area contributed by atoms with Gasteiger partial charge in [-0.15, -0.1) is 0 Å². The average Bonchev–Trinajstić information content (AvgIpc) is 2.42. The van der Waals surface area contributed by atoms with Gasteiger partial charge in [0.25, 0.3) is 0 Å². The molecule has 7 nitrogen and oxygen atoms in total. The third-order valence-corrected chi connectivity index (χ3v) is 2.42. The lowest BCUT2D eigenvalue weighted by atomic mass is 10.4. The van der Waals surface area contributed by atoms with E-state index in [1.165, 1.54) is 0 Å². The van der Waals surface area contributed by atoms with E-state index in [4.69, 9.17) is 15.7 Å². The normalized spacial score (nSPS) is 10.4. The molecule has 7 heteroatoms. The molecule has 0 spiro atoms. The Kier molecular flexibility index (Phi) is 6.34. The summed E-state index contributed by atoms with van der Waals surface area (Å²) in [5.41, 5.74) is 2.51. The van der Waals surface area contributed by atoms with Gasteiger partial charge in [0.05, 0.1) is 6.61 Å². The van der Waals surface area contributed by atoms with Gasteiger partial charge in [-0.3, -0.25) is 0 Å². The van der Waals surface area contributed by atoms with Crippen LogP contribution in [0.25, 0.3) is 0 Å². The monoisotopic (exact) mass is 255 g/mol. The summed E-state index contributed by atoms with van der Waals surface area (Å²) in [5.74, 6) is 7.21. The molecule has 0 aliphatic heterocycles. The van der Waals surface area contributed by atoms with Crippen molar-refractivity contribution in [2.45, 2.75) is 20.5 Å². The fourth-order valence-electron chi connectivity index (χ4n) is 1.53. The minimum Gasteiger partial charge on any atom is -0.395 e. The van der Waals surface area contributed by atoms with Crippen LogP contribution >= 0.6 is 0 Å². The summed E-state index contributed by atoms with van der Waals surface area (Å²) in [4.78, 5) is 10.5. The zero-order chi connectivity index (χ0) is 13.4. The molecule has 0 bridgehead atoms. The first-order valence-electron chi connectivity index (χ1n) is 6.03. The van der Waals surface area contributed by atoms with Gasteiger partial charge in [0.1, 0.15) is 18.2 Å². The van der Waals surface area contributed by atoms with Crippen molar-refractivity contribution in [2.75, 3.05) is 36.6 Å². The molecule has 4 N–H and O–H groups in total. The maximum Gasteiger partial charge on any atom is 0.158 e. The van der Waals surface area contributed by atoms with Gasteiger partial charge in [-0.25, -0.2) is 15.8 Å². The van der Waals surface area contributed by atoms with Crippen LogP contribution in [0.15, 0.2) is 6.07 Å². The van der Waals surface area contributed by atoms with Crippen LogP contribution in [0.4, 0.5) is 11.6 Å². The van der Waals surface area contributed by atoms with Crippen LogP contribution in [0.5, 0.6) is 0 Å². The molecule has 0 aliphatic rings. The van der Waals surface area contributed by atoms with Gasteiger partial charge in [-0.1, -0.05) is 0 Å². The van der Waals surface area contributed by atoms with Gasteiger partial charge >= 0.3 is 0 Å². The van der Waals surface area contributed by atoms with Gasteiger partial charge in [-0.2, -0.15) is 0 Å². The number of nitrogens with two attached hydrogens (primary N) is 1. The number of nitrogen functional groups attached to an aromatic ring is 1. The predicted molar refractivity (Wildman–Crippen MR) is 70.1 cm³/mol. The van der Waals surface area contributed by atoms with Crippen molar-refractivity contribution in [3.05, 3.63) is 11.9 Å². The van der Waals surface area contributed by atoms with Crippen LogP contribution in [-0.2, 0) is 11.3 Å². The van der Waals surface area contributed by atoms with Gasteiger partial charge in [0.2, 0.25) is 0 Å². The number of hydrazine groups is 1.